The summed E-state index contributed by atoms with van der Waals surface area (Å²) in [5, 5.41) is 6.98. The molecular formula is C30H30MgN4O-2. The monoisotopic (exact) mass is 486 g/mol. The summed E-state index contributed by atoms with van der Waals surface area (Å²) in [6.07, 6.45) is 7.63. The van der Waals surface area contributed by atoms with E-state index in [-0.39, 0.29) is 40.7 Å². The average Bonchev–Trinajstić information content (AvgIpc) is 3.56. The Labute approximate surface area is 228 Å². The Morgan fingerprint density at radius 2 is 1.39 bits per heavy atom. The van der Waals surface area contributed by atoms with Crippen molar-refractivity contribution in [3.05, 3.63) is 83.6 Å². The first kappa shape index (κ1) is 25.0. The van der Waals surface area contributed by atoms with Crippen LogP contribution in [0.4, 0.5) is 0 Å². The molecule has 2 aliphatic heterocycles. The molecule has 0 N–H and O–H groups in total. The molecule has 0 aromatic carbocycles. The zero-order chi connectivity index (χ0) is 24.8. The van der Waals surface area contributed by atoms with Gasteiger partial charge in [0.25, 0.3) is 0 Å². The van der Waals surface area contributed by atoms with E-state index in [0.717, 1.165) is 79.1 Å². The summed E-state index contributed by atoms with van der Waals surface area (Å²) in [7, 11) is 0. The minimum Gasteiger partial charge on any atom is -0.664 e. The topological polar surface area (TPSA) is 73.5 Å². The van der Waals surface area contributed by atoms with Crippen molar-refractivity contribution in [2.45, 2.75) is 61.3 Å². The predicted molar refractivity (Wildman–Crippen MR) is 145 cm³/mol. The van der Waals surface area contributed by atoms with Crippen LogP contribution < -0.4 is 25.7 Å². The standard InChI is InChI=1S/C30H31N4O.Mg/c1-8-19-17(6)25-11-23-15(4)13(2)21(31-23)10-22-14(3)16(5)24(32-22)12-26-18(7)28-27(35)9-20(29(19)33-25)30(28)34-26;/h10-12,17,19H,8-9H2,1-7H3,(H-,33,34,35);/q-3;+2/p-1/b22-10-,24-12-,25-11-;/t17-,19-;/m0./s1. The molecule has 1 aliphatic carbocycles. The Bertz CT molecular complexity index is 1620. The van der Waals surface area contributed by atoms with Crippen LogP contribution >= 0.6 is 0 Å². The van der Waals surface area contributed by atoms with Crippen molar-refractivity contribution in [1.82, 2.24) is 15.0 Å². The van der Waals surface area contributed by atoms with Crippen LogP contribution in [0.3, 0.4) is 0 Å². The Kier molecular flexibility index (Phi) is 6.03. The molecule has 3 aromatic heterocycles. The van der Waals surface area contributed by atoms with Gasteiger partial charge in [-0.3, -0.25) is 4.79 Å². The number of ketones is 1. The Hall–Kier alpha value is -2.70. The van der Waals surface area contributed by atoms with Crippen LogP contribution in [0.15, 0.2) is 11.4 Å². The van der Waals surface area contributed by atoms with Crippen LogP contribution in [0, 0.1) is 46.5 Å². The summed E-state index contributed by atoms with van der Waals surface area (Å²) in [6.45, 7) is 14.9. The van der Waals surface area contributed by atoms with E-state index in [1.54, 1.807) is 0 Å². The number of carbonyl (C=O) groups excluding carboxylic acids is 1. The molecule has 6 rings (SSSR count). The predicted octanol–water partition coefficient (Wildman–Crippen LogP) is 4.08. The van der Waals surface area contributed by atoms with E-state index >= 15 is 0 Å². The normalized spacial score (nSPS) is 25.4. The molecule has 3 aromatic rings. The summed E-state index contributed by atoms with van der Waals surface area (Å²) in [5.41, 5.74) is 13.0. The van der Waals surface area contributed by atoms with Crippen molar-refractivity contribution in [2.24, 2.45) is 11.8 Å². The second kappa shape index (κ2) is 8.70. The van der Waals surface area contributed by atoms with Gasteiger partial charge in [0.05, 0.1) is 0 Å². The molecule has 1 saturated heterocycles. The number of carbonyl (C=O) groups is 1. The summed E-state index contributed by atoms with van der Waals surface area (Å²) in [5.74, 6) is 0.669. The Morgan fingerprint density at radius 3 is 2.00 bits per heavy atom. The third-order valence-corrected chi connectivity index (χ3v) is 8.53. The maximum atomic E-state index is 13.2. The van der Waals surface area contributed by atoms with E-state index in [2.05, 4.69) is 53.7 Å². The number of nitrogens with zero attached hydrogens (tertiary/aromatic N) is 4. The Morgan fingerprint density at radius 1 is 0.806 bits per heavy atom. The van der Waals surface area contributed by atoms with Crippen molar-refractivity contribution >= 4 is 52.6 Å². The third-order valence-electron chi connectivity index (χ3n) is 8.53. The van der Waals surface area contributed by atoms with Crippen LogP contribution in [0.1, 0.15) is 87.6 Å². The number of hydrogen-bond donors (Lipinski definition) is 0. The van der Waals surface area contributed by atoms with Gasteiger partial charge in [0.1, 0.15) is 0 Å². The maximum absolute atomic E-state index is 13.2. The smallest absolute Gasteiger partial charge is 0.664 e. The van der Waals surface area contributed by atoms with Gasteiger partial charge in [-0.1, -0.05) is 71.9 Å². The quantitative estimate of drug-likeness (QED) is 0.486. The molecule has 8 bridgehead atoms. The van der Waals surface area contributed by atoms with E-state index in [1.165, 1.54) is 11.1 Å². The van der Waals surface area contributed by atoms with E-state index in [1.807, 2.05) is 13.0 Å². The van der Waals surface area contributed by atoms with Crippen LogP contribution in [-0.4, -0.2) is 28.8 Å². The fourth-order valence-electron chi connectivity index (χ4n) is 5.90. The third kappa shape index (κ3) is 3.45. The van der Waals surface area contributed by atoms with E-state index < -0.39 is 0 Å². The van der Waals surface area contributed by atoms with Crippen molar-refractivity contribution in [3.63, 3.8) is 0 Å². The molecule has 0 saturated carbocycles. The first-order valence-electron chi connectivity index (χ1n) is 12.5. The maximum Gasteiger partial charge on any atom is 2.00 e. The van der Waals surface area contributed by atoms with Gasteiger partial charge in [0.2, 0.25) is 0 Å². The zero-order valence-electron chi connectivity index (χ0n) is 22.2. The largest absolute Gasteiger partial charge is 2.00 e. The van der Waals surface area contributed by atoms with Crippen LogP contribution in [0.25, 0.3) is 29.1 Å². The molecule has 0 unspecified atom stereocenters. The second-order valence-electron chi connectivity index (χ2n) is 10.3. The summed E-state index contributed by atoms with van der Waals surface area (Å²) in [6, 6.07) is 0. The fourth-order valence-corrected chi connectivity index (χ4v) is 5.90. The number of Topliss-reactive ketones (excluding diaryl/α,β-unsaturated/α-hetero) is 1. The minimum absolute atomic E-state index is 0. The van der Waals surface area contributed by atoms with E-state index in [9.17, 15) is 4.79 Å². The molecule has 5 heterocycles. The van der Waals surface area contributed by atoms with Gasteiger partial charge in [-0.15, -0.1) is 33.5 Å². The number of aromatic nitrogens is 3. The van der Waals surface area contributed by atoms with Crippen molar-refractivity contribution in [1.29, 1.82) is 0 Å². The molecule has 5 nitrogen and oxygen atoms in total. The molecule has 1 fully saturated rings. The summed E-state index contributed by atoms with van der Waals surface area (Å²) < 4.78 is 0. The molecule has 6 heteroatoms. The summed E-state index contributed by atoms with van der Waals surface area (Å²) >= 11 is 0. The fraction of sp³-hybridized carbons (Fsp3) is 0.367. The molecule has 0 radical (unpaired) electrons. The average molecular weight is 487 g/mol. The Balaban J connectivity index is 0.00000267. The SMILES string of the molecule is CC[C@@H]1/C2=C3\CC(=O)c4c3[n-]c(c4C)/C=c3\[n-]/c(c(C)c3C)=C\c3[n-]c(c(C)c3C)/C=C(\[N-]2)[C@H]1C.[Mg+2]. The molecular weight excluding hydrogens is 457 g/mol. The van der Waals surface area contributed by atoms with Crippen LogP contribution in [0.2, 0.25) is 0 Å². The van der Waals surface area contributed by atoms with Gasteiger partial charge in [-0.05, 0) is 46.5 Å². The summed E-state index contributed by atoms with van der Waals surface area (Å²) in [4.78, 5) is 28.2. The van der Waals surface area contributed by atoms with Gasteiger partial charge < -0.3 is 20.3 Å². The van der Waals surface area contributed by atoms with Gasteiger partial charge in [0.15, 0.2) is 5.78 Å². The molecule has 36 heavy (non-hydrogen) atoms. The first-order chi connectivity index (χ1) is 16.7. The van der Waals surface area contributed by atoms with Gasteiger partial charge in [-0.2, -0.15) is 11.4 Å². The number of hydrogen-bond acceptors (Lipinski definition) is 1. The molecule has 0 amide bonds. The second-order valence-corrected chi connectivity index (χ2v) is 10.3. The number of allylic oxidation sites excluding steroid dienone is 3. The molecule has 180 valence electrons. The van der Waals surface area contributed by atoms with Crippen molar-refractivity contribution in [2.75, 3.05) is 0 Å². The minimum atomic E-state index is 0. The van der Waals surface area contributed by atoms with E-state index in [0.29, 0.717) is 6.42 Å². The van der Waals surface area contributed by atoms with Gasteiger partial charge >= 0.3 is 23.1 Å². The van der Waals surface area contributed by atoms with Gasteiger partial charge in [-0.25, -0.2) is 0 Å². The number of rotatable bonds is 1. The molecule has 0 spiro atoms. The molecule has 2 atom stereocenters. The van der Waals surface area contributed by atoms with Gasteiger partial charge in [0, 0.05) is 12.0 Å². The van der Waals surface area contributed by atoms with Crippen LogP contribution in [-0.2, 0) is 0 Å². The van der Waals surface area contributed by atoms with Crippen molar-refractivity contribution in [3.8, 4) is 0 Å². The molecule has 3 aliphatic rings. The van der Waals surface area contributed by atoms with Crippen molar-refractivity contribution < 1.29 is 4.79 Å². The van der Waals surface area contributed by atoms with Crippen LogP contribution in [0.5, 0.6) is 0 Å². The van der Waals surface area contributed by atoms with E-state index in [4.69, 9.17) is 20.3 Å². The zero-order valence-corrected chi connectivity index (χ0v) is 23.6. The first-order valence-corrected chi connectivity index (χ1v) is 12.5. The number of fused-ring (bicyclic) bond motifs is 7.